The summed E-state index contributed by atoms with van der Waals surface area (Å²) < 4.78 is 46.3. The molecule has 1 saturated carbocycles. The first kappa shape index (κ1) is 25.7. The SMILES string of the molecule is Cc1cc(C)c(S(=O)(=O)NC2CCN(c3c(F)cc4c(=O)c(C(=O)O)cn(C5CC5)c4c3Cl)C2)c(C)c1. The van der Waals surface area contributed by atoms with Gasteiger partial charge in [0.05, 0.1) is 26.5 Å². The van der Waals surface area contributed by atoms with Crippen LogP contribution in [0.1, 0.15) is 52.4 Å². The number of anilines is 1. The molecule has 1 aromatic heterocycles. The first-order valence-electron chi connectivity index (χ1n) is 12.0. The second-order valence-electron chi connectivity index (χ2n) is 10.0. The average molecular weight is 548 g/mol. The van der Waals surface area contributed by atoms with Crippen molar-refractivity contribution in [3.05, 3.63) is 67.7 Å². The number of carboxylic acids is 1. The average Bonchev–Trinajstić information content (AvgIpc) is 3.53. The largest absolute Gasteiger partial charge is 0.477 e. The number of hydrogen-bond acceptors (Lipinski definition) is 5. The predicted octanol–water partition coefficient (Wildman–Crippen LogP) is 4.31. The van der Waals surface area contributed by atoms with E-state index in [0.717, 1.165) is 24.5 Å². The van der Waals surface area contributed by atoms with Crippen LogP contribution >= 0.6 is 11.6 Å². The zero-order valence-electron chi connectivity index (χ0n) is 20.6. The van der Waals surface area contributed by atoms with E-state index in [1.165, 1.54) is 6.20 Å². The molecule has 2 aliphatic rings. The molecule has 0 bridgehead atoms. The topological polar surface area (TPSA) is 109 Å². The van der Waals surface area contributed by atoms with Crippen molar-refractivity contribution in [1.82, 2.24) is 9.29 Å². The van der Waals surface area contributed by atoms with Gasteiger partial charge in [0.1, 0.15) is 11.4 Å². The van der Waals surface area contributed by atoms with Crippen LogP contribution in [0.15, 0.2) is 34.1 Å². The van der Waals surface area contributed by atoms with Gasteiger partial charge in [-0.3, -0.25) is 4.79 Å². The first-order valence-corrected chi connectivity index (χ1v) is 13.9. The van der Waals surface area contributed by atoms with Gasteiger partial charge in [0, 0.05) is 31.4 Å². The molecule has 5 rings (SSSR count). The molecule has 0 spiro atoms. The molecule has 37 heavy (non-hydrogen) atoms. The molecule has 2 aromatic carbocycles. The van der Waals surface area contributed by atoms with Crippen LogP contribution < -0.4 is 15.1 Å². The summed E-state index contributed by atoms with van der Waals surface area (Å²) in [6.07, 6.45) is 3.31. The number of halogens is 2. The Morgan fingerprint density at radius 3 is 2.38 bits per heavy atom. The van der Waals surface area contributed by atoms with Gasteiger partial charge in [0.2, 0.25) is 15.5 Å². The fraction of sp³-hybridized carbons (Fsp3) is 0.385. The maximum Gasteiger partial charge on any atom is 0.341 e. The summed E-state index contributed by atoms with van der Waals surface area (Å²) in [6, 6.07) is 4.19. The molecule has 1 saturated heterocycles. The summed E-state index contributed by atoms with van der Waals surface area (Å²) in [5.74, 6) is -2.14. The highest BCUT2D eigenvalue weighted by molar-refractivity contribution is 7.89. The standard InChI is InChI=1S/C26H27ClFN3O5S/c1-13-8-14(2)25(15(3)9-13)37(35,36)29-16-6-7-30(11-16)23-20(28)10-18-22(21(23)27)31(17-4-5-17)12-19(24(18)32)26(33)34/h8-10,12,16-17,29H,4-7,11H2,1-3H3,(H,33,34). The number of nitrogens with one attached hydrogen (secondary N) is 1. The van der Waals surface area contributed by atoms with Crippen molar-refractivity contribution >= 4 is 44.2 Å². The number of aryl methyl sites for hydroxylation is 3. The van der Waals surface area contributed by atoms with Crippen LogP contribution in [-0.4, -0.2) is 43.2 Å². The van der Waals surface area contributed by atoms with Gasteiger partial charge < -0.3 is 14.6 Å². The molecule has 2 heterocycles. The van der Waals surface area contributed by atoms with E-state index >= 15 is 4.39 Å². The number of rotatable bonds is 6. The Morgan fingerprint density at radius 2 is 1.78 bits per heavy atom. The number of aromatic nitrogens is 1. The van der Waals surface area contributed by atoms with Gasteiger partial charge in [0.25, 0.3) is 0 Å². The van der Waals surface area contributed by atoms with Crippen LogP contribution in [0.4, 0.5) is 10.1 Å². The molecular weight excluding hydrogens is 521 g/mol. The fourth-order valence-electron chi connectivity index (χ4n) is 5.44. The Labute approximate surface area is 218 Å². The van der Waals surface area contributed by atoms with E-state index in [0.29, 0.717) is 29.6 Å². The van der Waals surface area contributed by atoms with Crippen LogP contribution in [0.2, 0.25) is 5.02 Å². The number of carbonyl (C=O) groups is 1. The summed E-state index contributed by atoms with van der Waals surface area (Å²) in [5, 5.41) is 9.40. The predicted molar refractivity (Wildman–Crippen MR) is 140 cm³/mol. The molecule has 196 valence electrons. The molecule has 1 aliphatic carbocycles. The Hall–Kier alpha value is -2.95. The quantitative estimate of drug-likeness (QED) is 0.476. The van der Waals surface area contributed by atoms with E-state index in [-0.39, 0.29) is 33.6 Å². The third-order valence-electron chi connectivity index (χ3n) is 7.05. The monoisotopic (exact) mass is 547 g/mol. The molecular formula is C26H27ClFN3O5S. The van der Waals surface area contributed by atoms with Gasteiger partial charge in [-0.1, -0.05) is 29.3 Å². The van der Waals surface area contributed by atoms with Crippen molar-refractivity contribution in [2.75, 3.05) is 18.0 Å². The van der Waals surface area contributed by atoms with E-state index < -0.39 is 38.8 Å². The Morgan fingerprint density at radius 1 is 1.14 bits per heavy atom. The Kier molecular flexibility index (Phi) is 6.32. The summed E-state index contributed by atoms with van der Waals surface area (Å²) in [5.41, 5.74) is 1.44. The maximum atomic E-state index is 15.4. The van der Waals surface area contributed by atoms with E-state index in [9.17, 15) is 23.1 Å². The van der Waals surface area contributed by atoms with Crippen molar-refractivity contribution < 1.29 is 22.7 Å². The molecule has 1 unspecified atom stereocenters. The minimum Gasteiger partial charge on any atom is -0.477 e. The van der Waals surface area contributed by atoms with Gasteiger partial charge >= 0.3 is 5.97 Å². The molecule has 2 N–H and O–H groups in total. The van der Waals surface area contributed by atoms with Crippen LogP contribution in [0.5, 0.6) is 0 Å². The minimum absolute atomic E-state index is 0.0175. The van der Waals surface area contributed by atoms with Crippen molar-refractivity contribution in [2.45, 2.75) is 57.0 Å². The lowest BCUT2D eigenvalue weighted by Crippen LogP contribution is -2.37. The third kappa shape index (κ3) is 4.51. The molecule has 0 radical (unpaired) electrons. The Bertz CT molecular complexity index is 1610. The number of fused-ring (bicyclic) bond motifs is 1. The summed E-state index contributed by atoms with van der Waals surface area (Å²) in [7, 11) is -3.82. The second-order valence-corrected chi connectivity index (χ2v) is 12.0. The highest BCUT2D eigenvalue weighted by Crippen LogP contribution is 2.42. The van der Waals surface area contributed by atoms with Crippen molar-refractivity contribution in [1.29, 1.82) is 0 Å². The maximum absolute atomic E-state index is 15.4. The summed E-state index contributed by atoms with van der Waals surface area (Å²) >= 11 is 6.71. The van der Waals surface area contributed by atoms with E-state index in [2.05, 4.69) is 4.72 Å². The third-order valence-corrected chi connectivity index (χ3v) is 9.24. The Balaban J connectivity index is 1.50. The lowest BCUT2D eigenvalue weighted by Gasteiger charge is -2.23. The number of benzene rings is 2. The van der Waals surface area contributed by atoms with Crippen molar-refractivity contribution in [3.8, 4) is 0 Å². The number of sulfonamides is 1. The van der Waals surface area contributed by atoms with Gasteiger partial charge in [-0.15, -0.1) is 0 Å². The second kappa shape index (κ2) is 9.11. The number of pyridine rings is 1. The molecule has 11 heteroatoms. The molecule has 0 amide bonds. The molecule has 2 fully saturated rings. The highest BCUT2D eigenvalue weighted by atomic mass is 35.5. The van der Waals surface area contributed by atoms with Gasteiger partial charge in [-0.05, 0) is 57.2 Å². The molecule has 3 aromatic rings. The van der Waals surface area contributed by atoms with Crippen LogP contribution in [0.25, 0.3) is 10.9 Å². The van der Waals surface area contributed by atoms with E-state index in [4.69, 9.17) is 11.6 Å². The smallest absolute Gasteiger partial charge is 0.341 e. The normalized spacial score (nSPS) is 18.1. The number of carboxylic acid groups (broad SMARTS) is 1. The first-order chi connectivity index (χ1) is 17.4. The van der Waals surface area contributed by atoms with Gasteiger partial charge in [0.15, 0.2) is 0 Å². The fourth-order valence-corrected chi connectivity index (χ4v) is 7.57. The lowest BCUT2D eigenvalue weighted by atomic mass is 10.1. The summed E-state index contributed by atoms with van der Waals surface area (Å²) in [6.45, 7) is 5.96. The molecule has 8 nitrogen and oxygen atoms in total. The van der Waals surface area contributed by atoms with Gasteiger partial charge in [-0.2, -0.15) is 0 Å². The number of aromatic carboxylic acids is 1. The van der Waals surface area contributed by atoms with Crippen LogP contribution in [-0.2, 0) is 10.0 Å². The van der Waals surface area contributed by atoms with Crippen molar-refractivity contribution in [3.63, 3.8) is 0 Å². The lowest BCUT2D eigenvalue weighted by molar-refractivity contribution is 0.0694. The number of nitrogens with zero attached hydrogens (tertiary/aromatic N) is 2. The zero-order valence-corrected chi connectivity index (χ0v) is 22.2. The number of hydrogen-bond donors (Lipinski definition) is 2. The highest BCUT2D eigenvalue weighted by Gasteiger charge is 2.34. The van der Waals surface area contributed by atoms with E-state index in [1.54, 1.807) is 23.3 Å². The van der Waals surface area contributed by atoms with Crippen LogP contribution in [0, 0.1) is 26.6 Å². The zero-order chi connectivity index (χ0) is 26.8. The van der Waals surface area contributed by atoms with Crippen LogP contribution in [0.3, 0.4) is 0 Å². The molecule has 1 aliphatic heterocycles. The van der Waals surface area contributed by atoms with E-state index in [1.807, 2.05) is 19.1 Å². The van der Waals surface area contributed by atoms with Crippen molar-refractivity contribution in [2.24, 2.45) is 0 Å². The van der Waals surface area contributed by atoms with Gasteiger partial charge in [-0.25, -0.2) is 22.3 Å². The minimum atomic E-state index is -3.82. The summed E-state index contributed by atoms with van der Waals surface area (Å²) in [4.78, 5) is 26.3. The molecule has 1 atom stereocenters.